The van der Waals surface area contributed by atoms with E-state index in [-0.39, 0.29) is 11.3 Å². The zero-order valence-electron chi connectivity index (χ0n) is 13.9. The molecule has 2 amide bonds. The number of urea groups is 1. The van der Waals surface area contributed by atoms with Gasteiger partial charge < -0.3 is 20.3 Å². The average Bonchev–Trinajstić information content (AvgIpc) is 2.51. The maximum Gasteiger partial charge on any atom is 0.422 e. The van der Waals surface area contributed by atoms with E-state index in [1.807, 2.05) is 19.0 Å². The Morgan fingerprint density at radius 1 is 1.24 bits per heavy atom. The van der Waals surface area contributed by atoms with Gasteiger partial charge in [0.1, 0.15) is 0 Å². The van der Waals surface area contributed by atoms with Crippen LogP contribution in [0.5, 0.6) is 0 Å². The number of ether oxygens (including phenoxy) is 1. The number of halogens is 3. The van der Waals surface area contributed by atoms with Crippen LogP contribution in [-0.4, -0.2) is 38.9 Å². The fraction of sp³-hybridized carbons (Fsp3) is 0.375. The summed E-state index contributed by atoms with van der Waals surface area (Å²) >= 11 is 0. The van der Waals surface area contributed by atoms with Gasteiger partial charge >= 0.3 is 18.2 Å². The van der Waals surface area contributed by atoms with Crippen LogP contribution in [-0.2, 0) is 9.53 Å². The molecule has 1 unspecified atom stereocenters. The lowest BCUT2D eigenvalue weighted by Gasteiger charge is -2.28. The summed E-state index contributed by atoms with van der Waals surface area (Å²) in [5, 5.41) is 4.91. The van der Waals surface area contributed by atoms with Gasteiger partial charge in [0.2, 0.25) is 0 Å². The van der Waals surface area contributed by atoms with Crippen molar-refractivity contribution in [1.82, 2.24) is 10.6 Å². The van der Waals surface area contributed by atoms with Crippen LogP contribution in [0.15, 0.2) is 35.5 Å². The van der Waals surface area contributed by atoms with E-state index in [1.165, 1.54) is 6.92 Å². The lowest BCUT2D eigenvalue weighted by Crippen LogP contribution is -2.45. The molecule has 6 nitrogen and oxygen atoms in total. The third-order valence-corrected chi connectivity index (χ3v) is 3.60. The number of rotatable bonds is 4. The summed E-state index contributed by atoms with van der Waals surface area (Å²) in [4.78, 5) is 25.7. The van der Waals surface area contributed by atoms with Gasteiger partial charge in [-0.1, -0.05) is 12.1 Å². The molecule has 1 aromatic carbocycles. The number of carbonyl (C=O) groups is 2. The van der Waals surface area contributed by atoms with E-state index in [0.717, 1.165) is 5.69 Å². The second-order valence-electron chi connectivity index (χ2n) is 5.75. The summed E-state index contributed by atoms with van der Waals surface area (Å²) in [7, 11) is 3.70. The molecule has 2 rings (SSSR count). The first-order valence-electron chi connectivity index (χ1n) is 7.38. The smallest absolute Gasteiger partial charge is 0.422 e. The number of hydrogen-bond acceptors (Lipinski definition) is 4. The lowest BCUT2D eigenvalue weighted by molar-refractivity contribution is -0.183. The van der Waals surface area contributed by atoms with Crippen molar-refractivity contribution in [3.8, 4) is 0 Å². The summed E-state index contributed by atoms with van der Waals surface area (Å²) in [6.45, 7) is -0.257. The van der Waals surface area contributed by atoms with E-state index in [1.54, 1.807) is 24.3 Å². The number of alkyl halides is 3. The zero-order valence-corrected chi connectivity index (χ0v) is 13.9. The molecule has 0 radical (unpaired) electrons. The third-order valence-electron chi connectivity index (χ3n) is 3.60. The van der Waals surface area contributed by atoms with Crippen LogP contribution >= 0.6 is 0 Å². The van der Waals surface area contributed by atoms with Crippen molar-refractivity contribution in [3.63, 3.8) is 0 Å². The molecule has 0 aromatic heterocycles. The minimum Gasteiger partial charge on any atom is -0.453 e. The Kier molecular flexibility index (Phi) is 5.24. The van der Waals surface area contributed by atoms with Crippen LogP contribution in [0.25, 0.3) is 0 Å². The topological polar surface area (TPSA) is 70.7 Å². The van der Waals surface area contributed by atoms with Crippen LogP contribution in [0.4, 0.5) is 23.7 Å². The third kappa shape index (κ3) is 4.65. The summed E-state index contributed by atoms with van der Waals surface area (Å²) in [6.07, 6.45) is -4.63. The van der Waals surface area contributed by atoms with Gasteiger partial charge in [-0.2, -0.15) is 13.2 Å². The summed E-state index contributed by atoms with van der Waals surface area (Å²) < 4.78 is 41.2. The summed E-state index contributed by atoms with van der Waals surface area (Å²) in [6, 6.07) is 5.48. The van der Waals surface area contributed by atoms with Crippen LogP contribution in [0, 0.1) is 0 Å². The summed E-state index contributed by atoms with van der Waals surface area (Å²) in [5.41, 5.74) is 1.53. The fourth-order valence-corrected chi connectivity index (χ4v) is 2.40. The molecule has 1 atom stereocenters. The van der Waals surface area contributed by atoms with E-state index in [9.17, 15) is 22.8 Å². The fourth-order valence-electron chi connectivity index (χ4n) is 2.40. The van der Waals surface area contributed by atoms with E-state index >= 15 is 0 Å². The van der Waals surface area contributed by atoms with Crippen molar-refractivity contribution < 1.29 is 27.5 Å². The Labute approximate surface area is 142 Å². The van der Waals surface area contributed by atoms with Gasteiger partial charge in [-0.3, -0.25) is 0 Å². The van der Waals surface area contributed by atoms with Crippen molar-refractivity contribution in [1.29, 1.82) is 0 Å². The van der Waals surface area contributed by atoms with Gasteiger partial charge in [0.15, 0.2) is 6.61 Å². The highest BCUT2D eigenvalue weighted by molar-refractivity contribution is 5.95. The molecule has 136 valence electrons. The molecule has 2 N–H and O–H groups in total. The Balaban J connectivity index is 2.31. The van der Waals surface area contributed by atoms with Crippen molar-refractivity contribution in [2.75, 3.05) is 25.6 Å². The van der Waals surface area contributed by atoms with E-state index in [2.05, 4.69) is 15.4 Å². The van der Waals surface area contributed by atoms with Crippen molar-refractivity contribution in [2.24, 2.45) is 0 Å². The molecule has 0 fully saturated rings. The second kappa shape index (κ2) is 7.04. The minimum absolute atomic E-state index is 0.0681. The highest BCUT2D eigenvalue weighted by Gasteiger charge is 2.35. The average molecular weight is 357 g/mol. The number of nitrogens with one attached hydrogen (secondary N) is 2. The van der Waals surface area contributed by atoms with Crippen LogP contribution in [0.3, 0.4) is 0 Å². The second-order valence-corrected chi connectivity index (χ2v) is 5.75. The van der Waals surface area contributed by atoms with Crippen LogP contribution in [0.2, 0.25) is 0 Å². The molecule has 0 saturated heterocycles. The Morgan fingerprint density at radius 2 is 1.84 bits per heavy atom. The largest absolute Gasteiger partial charge is 0.453 e. The maximum absolute atomic E-state index is 12.3. The number of benzene rings is 1. The first-order chi connectivity index (χ1) is 11.6. The van der Waals surface area contributed by atoms with Crippen molar-refractivity contribution in [3.05, 3.63) is 41.1 Å². The monoisotopic (exact) mass is 357 g/mol. The van der Waals surface area contributed by atoms with E-state index < -0.39 is 30.8 Å². The number of amides is 2. The van der Waals surface area contributed by atoms with E-state index in [4.69, 9.17) is 0 Å². The molecular weight excluding hydrogens is 339 g/mol. The first kappa shape index (κ1) is 18.6. The highest BCUT2D eigenvalue weighted by atomic mass is 19.4. The highest BCUT2D eigenvalue weighted by Crippen LogP contribution is 2.29. The van der Waals surface area contributed by atoms with E-state index in [0.29, 0.717) is 5.56 Å². The number of allylic oxidation sites excluding steroid dienone is 1. The van der Waals surface area contributed by atoms with Gasteiger partial charge in [0, 0.05) is 25.5 Å². The SMILES string of the molecule is CC1=C(C(=O)OCC(F)(F)F)C(c2ccc(N(C)C)cc2)NC(=O)N1. The molecule has 0 bridgehead atoms. The normalized spacial score (nSPS) is 17.7. The van der Waals surface area contributed by atoms with Crippen molar-refractivity contribution >= 4 is 17.7 Å². The lowest BCUT2D eigenvalue weighted by atomic mass is 9.95. The molecular formula is C16H18F3N3O3. The number of nitrogens with zero attached hydrogens (tertiary/aromatic N) is 1. The van der Waals surface area contributed by atoms with Crippen LogP contribution in [0.1, 0.15) is 18.5 Å². The molecule has 0 spiro atoms. The van der Waals surface area contributed by atoms with Crippen LogP contribution < -0.4 is 15.5 Å². The summed E-state index contributed by atoms with van der Waals surface area (Å²) in [5.74, 6) is -1.14. The van der Waals surface area contributed by atoms with Gasteiger partial charge in [-0.15, -0.1) is 0 Å². The standard InChI is InChI=1S/C16H18F3N3O3/c1-9-12(14(23)25-8-16(17,18)19)13(21-15(24)20-9)10-4-6-11(7-5-10)22(2)3/h4-7,13H,8H2,1-3H3,(H2,20,21,24). The Morgan fingerprint density at radius 3 is 2.36 bits per heavy atom. The molecule has 0 aliphatic carbocycles. The molecule has 1 heterocycles. The Bertz CT molecular complexity index is 697. The van der Waals surface area contributed by atoms with Gasteiger partial charge in [-0.05, 0) is 24.6 Å². The van der Waals surface area contributed by atoms with Crippen molar-refractivity contribution in [2.45, 2.75) is 19.1 Å². The quantitative estimate of drug-likeness (QED) is 0.813. The van der Waals surface area contributed by atoms with Gasteiger partial charge in [0.25, 0.3) is 0 Å². The van der Waals surface area contributed by atoms with Gasteiger partial charge in [-0.25, -0.2) is 9.59 Å². The number of carbonyl (C=O) groups excluding carboxylic acids is 2. The molecule has 25 heavy (non-hydrogen) atoms. The minimum atomic E-state index is -4.63. The number of hydrogen-bond donors (Lipinski definition) is 2. The Hall–Kier alpha value is -2.71. The predicted octanol–water partition coefficient (Wildman–Crippen LogP) is 2.49. The van der Waals surface area contributed by atoms with Gasteiger partial charge in [0.05, 0.1) is 11.6 Å². The number of anilines is 1. The zero-order chi connectivity index (χ0) is 18.8. The molecule has 1 aliphatic heterocycles. The molecule has 1 aliphatic rings. The first-order valence-corrected chi connectivity index (χ1v) is 7.38. The molecule has 9 heteroatoms. The molecule has 1 aromatic rings. The molecule has 0 saturated carbocycles. The predicted molar refractivity (Wildman–Crippen MR) is 84.9 cm³/mol. The number of esters is 1. The maximum atomic E-state index is 12.3.